The van der Waals surface area contributed by atoms with Crippen LogP contribution >= 0.6 is 0 Å². The molecule has 4 atom stereocenters. The number of anilines is 1. The Labute approximate surface area is 122 Å². The van der Waals surface area contributed by atoms with Crippen molar-refractivity contribution in [1.82, 2.24) is 9.78 Å². The standard InChI is InChI=1S/C14H19N5O2/c1-19-13(8(5-16-19)12(15)18-21)17-14(20)11-9-6-2-3-7(4-6)10(9)11/h5-7,9-11,21H,2-4H2,1H3,(H2,15,18)(H,17,20). The molecule has 4 rings (SSSR count). The van der Waals surface area contributed by atoms with E-state index in [1.165, 1.54) is 30.1 Å². The molecule has 7 heteroatoms. The molecular weight excluding hydrogens is 270 g/mol. The number of hydrogen-bond donors (Lipinski definition) is 3. The van der Waals surface area contributed by atoms with Crippen LogP contribution in [0, 0.1) is 29.6 Å². The summed E-state index contributed by atoms with van der Waals surface area (Å²) in [7, 11) is 1.72. The molecule has 3 saturated carbocycles. The van der Waals surface area contributed by atoms with E-state index in [1.807, 2.05) is 0 Å². The molecule has 1 aromatic rings. The number of nitrogens with one attached hydrogen (secondary N) is 1. The highest BCUT2D eigenvalue weighted by atomic mass is 16.4. The highest BCUT2D eigenvalue weighted by Gasteiger charge is 2.67. The van der Waals surface area contributed by atoms with Gasteiger partial charge in [0.25, 0.3) is 0 Å². The van der Waals surface area contributed by atoms with Crippen LogP contribution in [-0.4, -0.2) is 26.7 Å². The molecule has 0 aromatic carbocycles. The fourth-order valence-electron chi connectivity index (χ4n) is 4.70. The molecule has 0 spiro atoms. The van der Waals surface area contributed by atoms with Crippen LogP contribution < -0.4 is 11.1 Å². The van der Waals surface area contributed by atoms with Crippen molar-refractivity contribution in [3.8, 4) is 0 Å². The van der Waals surface area contributed by atoms with Gasteiger partial charge in [0.2, 0.25) is 5.91 Å². The van der Waals surface area contributed by atoms with Gasteiger partial charge in [-0.25, -0.2) is 0 Å². The Morgan fingerprint density at radius 1 is 1.48 bits per heavy atom. The van der Waals surface area contributed by atoms with Crippen molar-refractivity contribution in [1.29, 1.82) is 0 Å². The Morgan fingerprint density at radius 2 is 2.14 bits per heavy atom. The number of rotatable bonds is 3. The van der Waals surface area contributed by atoms with Gasteiger partial charge < -0.3 is 16.3 Å². The van der Waals surface area contributed by atoms with Crippen molar-refractivity contribution < 1.29 is 10.0 Å². The van der Waals surface area contributed by atoms with Gasteiger partial charge in [-0.1, -0.05) is 5.16 Å². The van der Waals surface area contributed by atoms with Crippen LogP contribution in [0.2, 0.25) is 0 Å². The topological polar surface area (TPSA) is 106 Å². The number of fused-ring (bicyclic) bond motifs is 5. The maximum Gasteiger partial charge on any atom is 0.229 e. The number of amides is 1. The molecule has 3 fully saturated rings. The summed E-state index contributed by atoms with van der Waals surface area (Å²) in [5, 5.41) is 18.8. The highest BCUT2D eigenvalue weighted by Crippen LogP contribution is 2.69. The van der Waals surface area contributed by atoms with Crippen LogP contribution in [0.5, 0.6) is 0 Å². The molecule has 21 heavy (non-hydrogen) atoms. The van der Waals surface area contributed by atoms with Crippen molar-refractivity contribution in [2.24, 2.45) is 47.5 Å². The second-order valence-electron chi connectivity index (χ2n) is 6.52. The zero-order valence-electron chi connectivity index (χ0n) is 11.9. The first-order valence-electron chi connectivity index (χ1n) is 7.42. The van der Waals surface area contributed by atoms with E-state index in [0.29, 0.717) is 23.2 Å². The van der Waals surface area contributed by atoms with Crippen molar-refractivity contribution >= 4 is 17.6 Å². The first kappa shape index (κ1) is 12.7. The minimum atomic E-state index is -0.0468. The van der Waals surface area contributed by atoms with E-state index < -0.39 is 0 Å². The Balaban J connectivity index is 1.53. The summed E-state index contributed by atoms with van der Waals surface area (Å²) >= 11 is 0. The molecule has 3 aliphatic carbocycles. The van der Waals surface area contributed by atoms with Crippen LogP contribution in [0.25, 0.3) is 0 Å². The monoisotopic (exact) mass is 289 g/mol. The van der Waals surface area contributed by atoms with Crippen LogP contribution in [0.15, 0.2) is 11.4 Å². The predicted octanol–water partition coefficient (Wildman–Crippen LogP) is 0.745. The van der Waals surface area contributed by atoms with Gasteiger partial charge >= 0.3 is 0 Å². The number of carbonyl (C=O) groups is 1. The fraction of sp³-hybridized carbons (Fsp3) is 0.643. The first-order valence-corrected chi connectivity index (χ1v) is 7.42. The largest absolute Gasteiger partial charge is 0.409 e. The first-order chi connectivity index (χ1) is 10.1. The van der Waals surface area contributed by atoms with Crippen molar-refractivity contribution in [3.63, 3.8) is 0 Å². The lowest BCUT2D eigenvalue weighted by molar-refractivity contribution is -0.118. The van der Waals surface area contributed by atoms with Gasteiger partial charge in [0.05, 0.1) is 11.8 Å². The zero-order chi connectivity index (χ0) is 14.7. The minimum Gasteiger partial charge on any atom is -0.409 e. The molecule has 0 saturated heterocycles. The molecule has 4 N–H and O–H groups in total. The molecule has 0 radical (unpaired) electrons. The predicted molar refractivity (Wildman–Crippen MR) is 75.6 cm³/mol. The van der Waals surface area contributed by atoms with Gasteiger partial charge in [0, 0.05) is 13.0 Å². The third-order valence-corrected chi connectivity index (χ3v) is 5.60. The van der Waals surface area contributed by atoms with Crippen LogP contribution in [-0.2, 0) is 11.8 Å². The maximum atomic E-state index is 12.5. The van der Waals surface area contributed by atoms with Crippen molar-refractivity contribution in [2.45, 2.75) is 19.3 Å². The van der Waals surface area contributed by atoms with E-state index in [1.54, 1.807) is 7.05 Å². The second-order valence-corrected chi connectivity index (χ2v) is 6.52. The summed E-state index contributed by atoms with van der Waals surface area (Å²) in [5.74, 6) is 3.33. The molecule has 1 heterocycles. The molecular formula is C14H19N5O2. The van der Waals surface area contributed by atoms with Gasteiger partial charge in [0.15, 0.2) is 5.84 Å². The van der Waals surface area contributed by atoms with Gasteiger partial charge in [-0.15, -0.1) is 0 Å². The van der Waals surface area contributed by atoms with E-state index in [4.69, 9.17) is 10.9 Å². The van der Waals surface area contributed by atoms with Crippen molar-refractivity contribution in [3.05, 3.63) is 11.8 Å². The third kappa shape index (κ3) is 1.69. The number of aryl methyl sites for hydroxylation is 1. The maximum absolute atomic E-state index is 12.5. The summed E-state index contributed by atoms with van der Waals surface area (Å²) in [4.78, 5) is 12.5. The Hall–Kier alpha value is -2.05. The summed E-state index contributed by atoms with van der Waals surface area (Å²) in [6.45, 7) is 0. The summed E-state index contributed by atoms with van der Waals surface area (Å²) in [6, 6.07) is 0. The lowest BCUT2D eigenvalue weighted by Gasteiger charge is -2.11. The van der Waals surface area contributed by atoms with Gasteiger partial charge in [0.1, 0.15) is 5.82 Å². The number of aromatic nitrogens is 2. The third-order valence-electron chi connectivity index (χ3n) is 5.60. The number of oxime groups is 1. The van der Waals surface area contributed by atoms with Gasteiger partial charge in [-0.2, -0.15) is 5.10 Å². The average molecular weight is 289 g/mol. The smallest absolute Gasteiger partial charge is 0.229 e. The zero-order valence-corrected chi connectivity index (χ0v) is 11.9. The van der Waals surface area contributed by atoms with E-state index in [2.05, 4.69) is 15.6 Å². The van der Waals surface area contributed by atoms with Crippen LogP contribution in [0.1, 0.15) is 24.8 Å². The summed E-state index contributed by atoms with van der Waals surface area (Å²) < 4.78 is 1.54. The quantitative estimate of drug-likeness (QED) is 0.330. The Bertz CT molecular complexity index is 621. The molecule has 1 aromatic heterocycles. The van der Waals surface area contributed by atoms with E-state index in [-0.39, 0.29) is 17.7 Å². The molecule has 3 aliphatic rings. The SMILES string of the molecule is Cn1ncc(C(N)=NO)c1NC(=O)C1C2C3CCC(C3)C12. The lowest BCUT2D eigenvalue weighted by Crippen LogP contribution is -2.23. The van der Waals surface area contributed by atoms with E-state index >= 15 is 0 Å². The fourth-order valence-corrected chi connectivity index (χ4v) is 4.70. The molecule has 2 bridgehead atoms. The number of carbonyl (C=O) groups excluding carboxylic acids is 1. The van der Waals surface area contributed by atoms with Crippen molar-refractivity contribution in [2.75, 3.05) is 5.32 Å². The molecule has 7 nitrogen and oxygen atoms in total. The summed E-state index contributed by atoms with van der Waals surface area (Å²) in [5.41, 5.74) is 6.06. The Kier molecular flexibility index (Phi) is 2.55. The van der Waals surface area contributed by atoms with Crippen LogP contribution in [0.4, 0.5) is 5.82 Å². The number of hydrogen-bond acceptors (Lipinski definition) is 4. The molecule has 112 valence electrons. The number of amidine groups is 1. The normalized spacial score (nSPS) is 36.6. The highest BCUT2D eigenvalue weighted by molar-refractivity contribution is 6.05. The number of nitrogens with zero attached hydrogens (tertiary/aromatic N) is 3. The average Bonchev–Trinajstić information content (AvgIpc) is 2.77. The molecule has 1 amide bonds. The van der Waals surface area contributed by atoms with Gasteiger partial charge in [-0.3, -0.25) is 9.48 Å². The van der Waals surface area contributed by atoms with Crippen LogP contribution in [0.3, 0.4) is 0 Å². The van der Waals surface area contributed by atoms with Gasteiger partial charge in [-0.05, 0) is 42.9 Å². The molecule has 4 unspecified atom stereocenters. The number of nitrogens with two attached hydrogens (primary N) is 1. The lowest BCUT2D eigenvalue weighted by atomic mass is 10.0. The van der Waals surface area contributed by atoms with E-state index in [9.17, 15) is 4.79 Å². The molecule has 0 aliphatic heterocycles. The summed E-state index contributed by atoms with van der Waals surface area (Å²) in [6.07, 6.45) is 5.38. The second kappa shape index (κ2) is 4.22. The van der Waals surface area contributed by atoms with E-state index in [0.717, 1.165) is 11.8 Å². The minimum absolute atomic E-state index is 0.0468. The Morgan fingerprint density at radius 3 is 2.76 bits per heavy atom.